The van der Waals surface area contributed by atoms with Gasteiger partial charge in [-0.25, -0.2) is 0 Å². The number of anilines is 2. The summed E-state index contributed by atoms with van der Waals surface area (Å²) in [5.74, 6) is 0.709. The summed E-state index contributed by atoms with van der Waals surface area (Å²) in [5.41, 5.74) is 2.47. The molecule has 2 N–H and O–H groups in total. The first-order valence-electron chi connectivity index (χ1n) is 8.88. The number of methoxy groups -OCH3 is 1. The molecule has 0 saturated carbocycles. The minimum absolute atomic E-state index is 0.169. The lowest BCUT2D eigenvalue weighted by atomic mass is 10.2. The van der Waals surface area contributed by atoms with Gasteiger partial charge in [0.15, 0.2) is 6.61 Å². The van der Waals surface area contributed by atoms with Crippen LogP contribution in [0.25, 0.3) is 0 Å². The maximum atomic E-state index is 12.2. The monoisotopic (exact) mass is 430 g/mol. The van der Waals surface area contributed by atoms with Gasteiger partial charge in [-0.3, -0.25) is 4.79 Å². The van der Waals surface area contributed by atoms with Gasteiger partial charge in [0.2, 0.25) is 0 Å². The Bertz CT molecular complexity index is 995. The predicted octanol–water partition coefficient (Wildman–Crippen LogP) is 5.63. The van der Waals surface area contributed by atoms with E-state index in [-0.39, 0.29) is 12.5 Å². The Morgan fingerprint density at radius 2 is 1.79 bits per heavy atom. The molecule has 3 aromatic carbocycles. The van der Waals surface area contributed by atoms with E-state index in [9.17, 15) is 4.79 Å². The number of para-hydroxylation sites is 2. The SMILES string of the molecule is COc1ccccc1NC(=O)COc1ccc(CNc2cccc(Cl)c2)cc1Cl. The first kappa shape index (κ1) is 20.8. The summed E-state index contributed by atoms with van der Waals surface area (Å²) in [5, 5.41) is 7.13. The molecule has 0 radical (unpaired) electrons. The Hall–Kier alpha value is -2.89. The van der Waals surface area contributed by atoms with Crippen molar-refractivity contribution >= 4 is 40.5 Å². The Kier molecular flexibility index (Phi) is 7.22. The first-order valence-corrected chi connectivity index (χ1v) is 9.64. The van der Waals surface area contributed by atoms with Crippen LogP contribution in [-0.2, 0) is 11.3 Å². The number of hydrogen-bond donors (Lipinski definition) is 2. The minimum Gasteiger partial charge on any atom is -0.495 e. The largest absolute Gasteiger partial charge is 0.495 e. The van der Waals surface area contributed by atoms with Gasteiger partial charge in [0, 0.05) is 17.3 Å². The van der Waals surface area contributed by atoms with Gasteiger partial charge in [-0.2, -0.15) is 0 Å². The highest BCUT2D eigenvalue weighted by Gasteiger charge is 2.10. The first-order chi connectivity index (χ1) is 14.0. The molecular weight excluding hydrogens is 411 g/mol. The molecule has 5 nitrogen and oxygen atoms in total. The van der Waals surface area contributed by atoms with Crippen molar-refractivity contribution in [1.29, 1.82) is 0 Å². The van der Waals surface area contributed by atoms with Gasteiger partial charge in [-0.15, -0.1) is 0 Å². The summed E-state index contributed by atoms with van der Waals surface area (Å²) < 4.78 is 10.8. The zero-order valence-corrected chi connectivity index (χ0v) is 17.3. The van der Waals surface area contributed by atoms with E-state index in [4.69, 9.17) is 32.7 Å². The second-order valence-electron chi connectivity index (χ2n) is 6.17. The molecule has 3 aromatic rings. The highest BCUT2D eigenvalue weighted by molar-refractivity contribution is 6.32. The van der Waals surface area contributed by atoms with E-state index >= 15 is 0 Å². The zero-order valence-electron chi connectivity index (χ0n) is 15.7. The fourth-order valence-corrected chi connectivity index (χ4v) is 3.10. The molecule has 3 rings (SSSR count). The molecule has 7 heteroatoms. The fourth-order valence-electron chi connectivity index (χ4n) is 2.65. The molecule has 0 unspecified atom stereocenters. The van der Waals surface area contributed by atoms with Crippen molar-refractivity contribution in [2.75, 3.05) is 24.4 Å². The molecule has 0 atom stereocenters. The van der Waals surface area contributed by atoms with Crippen molar-refractivity contribution in [2.45, 2.75) is 6.54 Å². The summed E-state index contributed by atoms with van der Waals surface area (Å²) in [4.78, 5) is 12.2. The maximum Gasteiger partial charge on any atom is 0.262 e. The Balaban J connectivity index is 1.54. The van der Waals surface area contributed by atoms with Gasteiger partial charge in [0.1, 0.15) is 11.5 Å². The van der Waals surface area contributed by atoms with E-state index in [0.29, 0.717) is 33.8 Å². The van der Waals surface area contributed by atoms with Crippen LogP contribution in [0.15, 0.2) is 66.7 Å². The van der Waals surface area contributed by atoms with E-state index in [1.54, 1.807) is 31.4 Å². The van der Waals surface area contributed by atoms with E-state index < -0.39 is 0 Å². The summed E-state index contributed by atoms with van der Waals surface area (Å²) in [7, 11) is 1.55. The Morgan fingerprint density at radius 3 is 2.55 bits per heavy atom. The lowest BCUT2D eigenvalue weighted by Gasteiger charge is -2.12. The average Bonchev–Trinajstić information content (AvgIpc) is 2.72. The van der Waals surface area contributed by atoms with Crippen molar-refractivity contribution in [3.63, 3.8) is 0 Å². The molecule has 0 saturated heterocycles. The number of amides is 1. The number of carbonyl (C=O) groups excluding carboxylic acids is 1. The van der Waals surface area contributed by atoms with Crippen molar-refractivity contribution in [3.8, 4) is 11.5 Å². The van der Waals surface area contributed by atoms with Crippen LogP contribution in [0, 0.1) is 0 Å². The third-order valence-electron chi connectivity index (χ3n) is 4.06. The van der Waals surface area contributed by atoms with Crippen LogP contribution in [0.2, 0.25) is 10.0 Å². The molecule has 29 heavy (non-hydrogen) atoms. The highest BCUT2D eigenvalue weighted by atomic mass is 35.5. The maximum absolute atomic E-state index is 12.2. The van der Waals surface area contributed by atoms with Crippen molar-refractivity contribution < 1.29 is 14.3 Å². The second kappa shape index (κ2) is 10.0. The molecule has 0 aliphatic heterocycles. The van der Waals surface area contributed by atoms with Gasteiger partial charge in [-0.1, -0.05) is 47.5 Å². The summed E-state index contributed by atoms with van der Waals surface area (Å²) in [6, 6.07) is 20.1. The Morgan fingerprint density at radius 1 is 0.966 bits per heavy atom. The molecule has 0 heterocycles. The van der Waals surface area contributed by atoms with Crippen LogP contribution in [0.1, 0.15) is 5.56 Å². The molecule has 0 fully saturated rings. The predicted molar refractivity (Wildman–Crippen MR) is 117 cm³/mol. The number of rotatable bonds is 8. The summed E-state index contributed by atoms with van der Waals surface area (Å²) in [6.07, 6.45) is 0. The lowest BCUT2D eigenvalue weighted by Crippen LogP contribution is -2.20. The van der Waals surface area contributed by atoms with E-state index in [1.165, 1.54) is 0 Å². The van der Waals surface area contributed by atoms with E-state index in [1.807, 2.05) is 42.5 Å². The van der Waals surface area contributed by atoms with E-state index in [2.05, 4.69) is 10.6 Å². The van der Waals surface area contributed by atoms with Crippen LogP contribution in [0.3, 0.4) is 0 Å². The van der Waals surface area contributed by atoms with Crippen molar-refractivity contribution in [1.82, 2.24) is 0 Å². The van der Waals surface area contributed by atoms with Crippen LogP contribution < -0.4 is 20.1 Å². The molecule has 0 spiro atoms. The molecule has 1 amide bonds. The molecule has 0 bridgehead atoms. The molecule has 0 aromatic heterocycles. The minimum atomic E-state index is -0.308. The van der Waals surface area contributed by atoms with Crippen LogP contribution in [0.4, 0.5) is 11.4 Å². The number of benzene rings is 3. The van der Waals surface area contributed by atoms with Gasteiger partial charge < -0.3 is 20.1 Å². The number of hydrogen-bond acceptors (Lipinski definition) is 4. The third-order valence-corrected chi connectivity index (χ3v) is 4.59. The number of carbonyl (C=O) groups is 1. The number of nitrogens with one attached hydrogen (secondary N) is 2. The van der Waals surface area contributed by atoms with Gasteiger partial charge in [0.05, 0.1) is 17.8 Å². The molecule has 0 aliphatic rings. The summed E-state index contributed by atoms with van der Waals surface area (Å²) >= 11 is 12.3. The van der Waals surface area contributed by atoms with Crippen LogP contribution in [0.5, 0.6) is 11.5 Å². The van der Waals surface area contributed by atoms with Crippen LogP contribution >= 0.6 is 23.2 Å². The third kappa shape index (κ3) is 6.04. The fraction of sp³-hybridized carbons (Fsp3) is 0.136. The molecule has 0 aliphatic carbocycles. The smallest absolute Gasteiger partial charge is 0.262 e. The van der Waals surface area contributed by atoms with Gasteiger partial charge in [0.25, 0.3) is 5.91 Å². The Labute approximate surface area is 179 Å². The standard InChI is InChI=1S/C22H20Cl2N2O3/c1-28-21-8-3-2-7-19(21)26-22(27)14-29-20-10-9-15(11-18(20)24)13-25-17-6-4-5-16(23)12-17/h2-12,25H,13-14H2,1H3,(H,26,27). The van der Waals surface area contributed by atoms with Crippen molar-refractivity contribution in [3.05, 3.63) is 82.3 Å². The quantitative estimate of drug-likeness (QED) is 0.485. The summed E-state index contributed by atoms with van der Waals surface area (Å²) in [6.45, 7) is 0.409. The number of halogens is 2. The topological polar surface area (TPSA) is 59.6 Å². The highest BCUT2D eigenvalue weighted by Crippen LogP contribution is 2.27. The molecular formula is C22H20Cl2N2O3. The average molecular weight is 431 g/mol. The zero-order chi connectivity index (χ0) is 20.6. The lowest BCUT2D eigenvalue weighted by molar-refractivity contribution is -0.118. The normalized spacial score (nSPS) is 10.3. The van der Waals surface area contributed by atoms with Gasteiger partial charge in [-0.05, 0) is 48.0 Å². The van der Waals surface area contributed by atoms with E-state index in [0.717, 1.165) is 11.3 Å². The van der Waals surface area contributed by atoms with Gasteiger partial charge >= 0.3 is 0 Å². The second-order valence-corrected chi connectivity index (χ2v) is 7.01. The molecule has 150 valence electrons. The number of ether oxygens (including phenoxy) is 2. The van der Waals surface area contributed by atoms with Crippen LogP contribution in [-0.4, -0.2) is 19.6 Å². The van der Waals surface area contributed by atoms with Crippen molar-refractivity contribution in [2.24, 2.45) is 0 Å².